The first kappa shape index (κ1) is 23.1. The first-order valence-electron chi connectivity index (χ1n) is 11.0. The van der Waals surface area contributed by atoms with Crippen molar-refractivity contribution in [3.8, 4) is 11.5 Å². The highest BCUT2D eigenvalue weighted by Gasteiger charge is 2.46. The van der Waals surface area contributed by atoms with E-state index in [2.05, 4.69) is 0 Å². The summed E-state index contributed by atoms with van der Waals surface area (Å²) in [6.07, 6.45) is 0. The van der Waals surface area contributed by atoms with Gasteiger partial charge in [0.15, 0.2) is 0 Å². The van der Waals surface area contributed by atoms with E-state index in [4.69, 9.17) is 4.74 Å². The van der Waals surface area contributed by atoms with Gasteiger partial charge in [0.1, 0.15) is 17.3 Å². The number of aliphatic hydroxyl groups excluding tert-OH is 1. The molecular weight excluding hydrogens is 430 g/mol. The van der Waals surface area contributed by atoms with Crippen molar-refractivity contribution in [2.75, 3.05) is 7.11 Å². The summed E-state index contributed by atoms with van der Waals surface area (Å²) in [4.78, 5) is 28.1. The molecule has 1 heterocycles. The standard InChI is InChI=1S/C28H27NO5/c1-16-5-7-18(3)20(13-16)15-29-25(19-8-10-21(30)11-9-19)24(27(32)28(29)33)26(31)22-14-17(2)6-12-23(22)34-4/h5-14,25,30-31H,15H2,1-4H3/b26-24+. The van der Waals surface area contributed by atoms with E-state index in [1.165, 1.54) is 24.1 Å². The number of phenols is 1. The lowest BCUT2D eigenvalue weighted by Gasteiger charge is -2.26. The van der Waals surface area contributed by atoms with Crippen LogP contribution >= 0.6 is 0 Å². The summed E-state index contributed by atoms with van der Waals surface area (Å²) < 4.78 is 5.41. The van der Waals surface area contributed by atoms with Gasteiger partial charge in [-0.15, -0.1) is 0 Å². The minimum Gasteiger partial charge on any atom is -0.508 e. The molecule has 6 nitrogen and oxygen atoms in total. The number of aryl methyl sites for hydroxylation is 3. The molecule has 1 amide bonds. The number of phenolic OH excluding ortho intramolecular Hbond substituents is 1. The first-order valence-corrected chi connectivity index (χ1v) is 11.0. The number of nitrogens with zero attached hydrogens (tertiary/aromatic N) is 1. The van der Waals surface area contributed by atoms with Gasteiger partial charge in [-0.2, -0.15) is 0 Å². The van der Waals surface area contributed by atoms with Crippen LogP contribution in [0.3, 0.4) is 0 Å². The summed E-state index contributed by atoms with van der Waals surface area (Å²) in [6.45, 7) is 6.00. The Balaban J connectivity index is 1.92. The van der Waals surface area contributed by atoms with E-state index in [-0.39, 0.29) is 23.6 Å². The normalized spacial score (nSPS) is 17.3. The number of methoxy groups -OCH3 is 1. The molecule has 4 rings (SSSR count). The summed E-state index contributed by atoms with van der Waals surface area (Å²) in [7, 11) is 1.48. The number of ether oxygens (including phenoxy) is 1. The highest BCUT2D eigenvalue weighted by atomic mass is 16.5. The van der Waals surface area contributed by atoms with Crippen LogP contribution in [0, 0.1) is 20.8 Å². The zero-order chi connectivity index (χ0) is 24.6. The lowest BCUT2D eigenvalue weighted by atomic mass is 9.94. The number of aromatic hydroxyl groups is 1. The third-order valence-electron chi connectivity index (χ3n) is 6.20. The molecule has 0 saturated carbocycles. The van der Waals surface area contributed by atoms with Crippen LogP contribution in [0.1, 0.15) is 39.4 Å². The van der Waals surface area contributed by atoms with E-state index in [1.807, 2.05) is 45.0 Å². The number of ketones is 1. The molecule has 6 heteroatoms. The number of carbonyl (C=O) groups excluding carboxylic acids is 2. The molecule has 0 aliphatic carbocycles. The Hall–Kier alpha value is -4.06. The molecule has 0 bridgehead atoms. The highest BCUT2D eigenvalue weighted by Crippen LogP contribution is 2.42. The van der Waals surface area contributed by atoms with E-state index in [0.29, 0.717) is 16.9 Å². The van der Waals surface area contributed by atoms with Crippen molar-refractivity contribution in [3.05, 3.63) is 99.6 Å². The molecule has 3 aromatic rings. The number of hydrogen-bond acceptors (Lipinski definition) is 5. The van der Waals surface area contributed by atoms with Gasteiger partial charge in [-0.05, 0) is 61.7 Å². The minimum absolute atomic E-state index is 0.00936. The molecule has 2 N–H and O–H groups in total. The molecule has 1 unspecified atom stereocenters. The zero-order valence-electron chi connectivity index (χ0n) is 19.6. The van der Waals surface area contributed by atoms with E-state index in [1.54, 1.807) is 24.3 Å². The maximum Gasteiger partial charge on any atom is 0.295 e. The van der Waals surface area contributed by atoms with Crippen molar-refractivity contribution in [3.63, 3.8) is 0 Å². The number of hydrogen-bond donors (Lipinski definition) is 2. The first-order chi connectivity index (χ1) is 16.2. The van der Waals surface area contributed by atoms with Gasteiger partial charge in [-0.3, -0.25) is 9.59 Å². The molecule has 0 spiro atoms. The highest BCUT2D eigenvalue weighted by molar-refractivity contribution is 6.46. The second-order valence-corrected chi connectivity index (χ2v) is 8.65. The summed E-state index contributed by atoms with van der Waals surface area (Å²) in [5.74, 6) is -1.28. The van der Waals surface area contributed by atoms with E-state index in [9.17, 15) is 19.8 Å². The largest absolute Gasteiger partial charge is 0.508 e. The Kier molecular flexibility index (Phi) is 6.16. The average molecular weight is 458 g/mol. The molecule has 1 fully saturated rings. The summed E-state index contributed by atoms with van der Waals surface area (Å²) in [6, 6.07) is 16.7. The van der Waals surface area contributed by atoms with Gasteiger partial charge >= 0.3 is 0 Å². The van der Waals surface area contributed by atoms with Crippen molar-refractivity contribution >= 4 is 17.4 Å². The number of benzene rings is 3. The fourth-order valence-corrected chi connectivity index (χ4v) is 4.35. The fourth-order valence-electron chi connectivity index (χ4n) is 4.35. The molecular formula is C28H27NO5. The Labute approximate surface area is 198 Å². The smallest absolute Gasteiger partial charge is 0.295 e. The second-order valence-electron chi connectivity index (χ2n) is 8.65. The maximum atomic E-state index is 13.3. The topological polar surface area (TPSA) is 87.1 Å². The quantitative estimate of drug-likeness (QED) is 0.322. The van der Waals surface area contributed by atoms with Crippen LogP contribution in [0.25, 0.3) is 5.76 Å². The van der Waals surface area contributed by atoms with Gasteiger partial charge in [0.2, 0.25) is 0 Å². The van der Waals surface area contributed by atoms with Crippen LogP contribution in [0.15, 0.2) is 66.2 Å². The summed E-state index contributed by atoms with van der Waals surface area (Å²) in [5.41, 5.74) is 4.77. The second kappa shape index (κ2) is 9.06. The molecule has 0 aromatic heterocycles. The van der Waals surface area contributed by atoms with Crippen molar-refractivity contribution in [1.82, 2.24) is 4.90 Å². The number of aliphatic hydroxyl groups is 1. The van der Waals surface area contributed by atoms with Crippen molar-refractivity contribution < 1.29 is 24.5 Å². The number of carbonyl (C=O) groups is 2. The number of rotatable bonds is 5. The predicted octanol–water partition coefficient (Wildman–Crippen LogP) is 4.95. The van der Waals surface area contributed by atoms with Crippen LogP contribution < -0.4 is 4.74 Å². The monoisotopic (exact) mass is 457 g/mol. The Bertz CT molecular complexity index is 1310. The fraction of sp³-hybridized carbons (Fsp3) is 0.214. The molecule has 34 heavy (non-hydrogen) atoms. The lowest BCUT2D eigenvalue weighted by Crippen LogP contribution is -2.29. The van der Waals surface area contributed by atoms with Crippen LogP contribution in [0.5, 0.6) is 11.5 Å². The molecule has 1 saturated heterocycles. The van der Waals surface area contributed by atoms with Crippen molar-refractivity contribution in [1.29, 1.82) is 0 Å². The van der Waals surface area contributed by atoms with Crippen LogP contribution in [0.2, 0.25) is 0 Å². The van der Waals surface area contributed by atoms with Gasteiger partial charge in [0.25, 0.3) is 11.7 Å². The summed E-state index contributed by atoms with van der Waals surface area (Å²) >= 11 is 0. The Morgan fingerprint density at radius 3 is 2.26 bits per heavy atom. The van der Waals surface area contributed by atoms with E-state index >= 15 is 0 Å². The number of amides is 1. The zero-order valence-corrected chi connectivity index (χ0v) is 19.6. The average Bonchev–Trinajstić information content (AvgIpc) is 3.06. The third kappa shape index (κ3) is 4.15. The van der Waals surface area contributed by atoms with Crippen LogP contribution in [-0.4, -0.2) is 33.9 Å². The van der Waals surface area contributed by atoms with Crippen LogP contribution in [0.4, 0.5) is 0 Å². The third-order valence-corrected chi connectivity index (χ3v) is 6.20. The van der Waals surface area contributed by atoms with Crippen LogP contribution in [-0.2, 0) is 16.1 Å². The number of Topliss-reactive ketones (excluding diaryl/α,β-unsaturated/α-hetero) is 1. The number of likely N-dealkylation sites (tertiary alicyclic amines) is 1. The maximum absolute atomic E-state index is 13.3. The van der Waals surface area contributed by atoms with Crippen molar-refractivity contribution in [2.24, 2.45) is 0 Å². The molecule has 1 aliphatic heterocycles. The van der Waals surface area contributed by atoms with Gasteiger partial charge in [-0.25, -0.2) is 0 Å². The van der Waals surface area contributed by atoms with E-state index < -0.39 is 17.7 Å². The molecule has 0 radical (unpaired) electrons. The molecule has 1 atom stereocenters. The Morgan fingerprint density at radius 2 is 1.59 bits per heavy atom. The van der Waals surface area contributed by atoms with E-state index in [0.717, 1.165) is 22.3 Å². The SMILES string of the molecule is COc1ccc(C)cc1/C(O)=C1\C(=O)C(=O)N(Cc2cc(C)ccc2C)C1c1ccc(O)cc1. The lowest BCUT2D eigenvalue weighted by molar-refractivity contribution is -0.140. The van der Waals surface area contributed by atoms with Crippen molar-refractivity contribution in [2.45, 2.75) is 33.4 Å². The van der Waals surface area contributed by atoms with Gasteiger partial charge in [0, 0.05) is 6.54 Å². The van der Waals surface area contributed by atoms with Gasteiger partial charge in [0.05, 0.1) is 24.3 Å². The molecule has 1 aliphatic rings. The van der Waals surface area contributed by atoms with Gasteiger partial charge in [-0.1, -0.05) is 47.5 Å². The molecule has 174 valence electrons. The molecule has 3 aromatic carbocycles. The van der Waals surface area contributed by atoms with Gasteiger partial charge < -0.3 is 19.8 Å². The minimum atomic E-state index is -0.828. The Morgan fingerprint density at radius 1 is 0.941 bits per heavy atom. The predicted molar refractivity (Wildman–Crippen MR) is 130 cm³/mol. The summed E-state index contributed by atoms with van der Waals surface area (Å²) in [5, 5.41) is 21.2.